The van der Waals surface area contributed by atoms with E-state index in [9.17, 15) is 19.5 Å². The first-order valence-electron chi connectivity index (χ1n) is 6.59. The Morgan fingerprint density at radius 3 is 2.55 bits per heavy atom. The van der Waals surface area contributed by atoms with E-state index in [1.54, 1.807) is 30.3 Å². The molecule has 7 nitrogen and oxygen atoms in total. The van der Waals surface area contributed by atoms with Gasteiger partial charge in [0.25, 0.3) is 5.79 Å². The topological polar surface area (TPSA) is 116 Å². The molecule has 1 aromatic carbocycles. The maximum Gasteiger partial charge on any atom is 0.325 e. The summed E-state index contributed by atoms with van der Waals surface area (Å²) < 4.78 is 9.88. The summed E-state index contributed by atoms with van der Waals surface area (Å²) in [5.41, 5.74) is 5.64. The van der Waals surface area contributed by atoms with Gasteiger partial charge in [0.05, 0.1) is 6.61 Å². The quantitative estimate of drug-likeness (QED) is 0.583. The van der Waals surface area contributed by atoms with Crippen LogP contribution in [0.15, 0.2) is 36.4 Å². The normalized spacial score (nSPS) is 21.7. The second-order valence-corrected chi connectivity index (χ2v) is 4.62. The summed E-state index contributed by atoms with van der Waals surface area (Å²) in [6, 6.07) is 8.47. The van der Waals surface area contributed by atoms with Crippen molar-refractivity contribution in [3.63, 3.8) is 0 Å². The average molecular weight is 305 g/mol. The highest BCUT2D eigenvalue weighted by Crippen LogP contribution is 2.35. The van der Waals surface area contributed by atoms with Gasteiger partial charge in [0.2, 0.25) is 17.6 Å². The lowest BCUT2D eigenvalue weighted by molar-refractivity contribution is -0.201. The van der Waals surface area contributed by atoms with Crippen LogP contribution in [0.3, 0.4) is 0 Å². The highest BCUT2D eigenvalue weighted by Gasteiger charge is 2.57. The number of carbonyl (C=O) groups excluding carboxylic acids is 3. The standard InChI is InChI=1S/C15H15NO6/c1-2-21-14(19)12(13(16)18)15(20)11(17)8-10(22-15)9-6-4-3-5-7-9/h3-8,12,20H,2H2,1H3,(H2,16,18)/t12-,15-/m1/s1. The monoisotopic (exact) mass is 305 g/mol. The Bertz CT molecular complexity index is 639. The third kappa shape index (κ3) is 2.71. The number of benzene rings is 1. The third-order valence-corrected chi connectivity index (χ3v) is 3.14. The van der Waals surface area contributed by atoms with Gasteiger partial charge in [0, 0.05) is 11.6 Å². The number of aliphatic hydroxyl groups is 1. The van der Waals surface area contributed by atoms with Gasteiger partial charge in [-0.15, -0.1) is 0 Å². The van der Waals surface area contributed by atoms with Gasteiger partial charge in [0.1, 0.15) is 5.76 Å². The molecule has 1 aliphatic heterocycles. The average Bonchev–Trinajstić information content (AvgIpc) is 2.76. The molecule has 2 atom stereocenters. The minimum Gasteiger partial charge on any atom is -0.465 e. The molecule has 0 saturated heterocycles. The molecule has 1 aliphatic rings. The predicted molar refractivity (Wildman–Crippen MR) is 74.8 cm³/mol. The van der Waals surface area contributed by atoms with E-state index < -0.39 is 29.4 Å². The number of primary amides is 1. The Kier molecular flexibility index (Phi) is 4.27. The molecule has 22 heavy (non-hydrogen) atoms. The number of carbonyl (C=O) groups is 3. The molecule has 116 valence electrons. The van der Waals surface area contributed by atoms with Gasteiger partial charge in [-0.1, -0.05) is 30.3 Å². The smallest absolute Gasteiger partial charge is 0.325 e. The van der Waals surface area contributed by atoms with Gasteiger partial charge in [0.15, 0.2) is 0 Å². The largest absolute Gasteiger partial charge is 0.465 e. The summed E-state index contributed by atoms with van der Waals surface area (Å²) >= 11 is 0. The van der Waals surface area contributed by atoms with Gasteiger partial charge < -0.3 is 20.3 Å². The molecule has 7 heteroatoms. The molecule has 0 radical (unpaired) electrons. The van der Waals surface area contributed by atoms with Crippen molar-refractivity contribution in [1.82, 2.24) is 0 Å². The van der Waals surface area contributed by atoms with E-state index >= 15 is 0 Å². The van der Waals surface area contributed by atoms with Gasteiger partial charge >= 0.3 is 5.97 Å². The number of nitrogens with two attached hydrogens (primary N) is 1. The first-order chi connectivity index (χ1) is 10.4. The maximum atomic E-state index is 12.1. The zero-order valence-electron chi connectivity index (χ0n) is 11.8. The maximum absolute atomic E-state index is 12.1. The van der Waals surface area contributed by atoms with E-state index in [-0.39, 0.29) is 12.4 Å². The van der Waals surface area contributed by atoms with Gasteiger partial charge in [-0.2, -0.15) is 0 Å². The fraction of sp³-hybridized carbons (Fsp3) is 0.267. The predicted octanol–water partition coefficient (Wildman–Crippen LogP) is -0.0200. The van der Waals surface area contributed by atoms with Crippen molar-refractivity contribution in [3.8, 4) is 0 Å². The van der Waals surface area contributed by atoms with Gasteiger partial charge in [-0.05, 0) is 6.92 Å². The lowest BCUT2D eigenvalue weighted by Gasteiger charge is -2.27. The summed E-state index contributed by atoms with van der Waals surface area (Å²) in [4.78, 5) is 35.4. The molecule has 0 fully saturated rings. The van der Waals surface area contributed by atoms with Crippen molar-refractivity contribution in [3.05, 3.63) is 42.0 Å². The zero-order chi connectivity index (χ0) is 16.3. The van der Waals surface area contributed by atoms with Crippen LogP contribution in [0.2, 0.25) is 0 Å². The summed E-state index contributed by atoms with van der Waals surface area (Å²) in [7, 11) is 0. The van der Waals surface area contributed by atoms with Crippen LogP contribution in [0.4, 0.5) is 0 Å². The molecule has 1 heterocycles. The van der Waals surface area contributed by atoms with Crippen LogP contribution in [-0.2, 0) is 23.9 Å². The Morgan fingerprint density at radius 1 is 1.36 bits per heavy atom. The number of rotatable bonds is 5. The van der Waals surface area contributed by atoms with Crippen LogP contribution in [-0.4, -0.2) is 35.2 Å². The first kappa shape index (κ1) is 15.7. The van der Waals surface area contributed by atoms with Crippen molar-refractivity contribution in [2.75, 3.05) is 6.61 Å². The first-order valence-corrected chi connectivity index (χ1v) is 6.59. The number of ether oxygens (including phenoxy) is 2. The lowest BCUT2D eigenvalue weighted by atomic mass is 9.94. The highest BCUT2D eigenvalue weighted by molar-refractivity contribution is 6.11. The summed E-state index contributed by atoms with van der Waals surface area (Å²) in [5, 5.41) is 10.4. The number of esters is 1. The van der Waals surface area contributed by atoms with E-state index in [2.05, 4.69) is 4.74 Å². The van der Waals surface area contributed by atoms with Crippen molar-refractivity contribution in [1.29, 1.82) is 0 Å². The van der Waals surface area contributed by atoms with E-state index in [0.29, 0.717) is 5.56 Å². The minimum atomic E-state index is -2.69. The Morgan fingerprint density at radius 2 is 2.00 bits per heavy atom. The van der Waals surface area contributed by atoms with Crippen molar-refractivity contribution < 1.29 is 29.0 Å². The fourth-order valence-corrected chi connectivity index (χ4v) is 2.11. The van der Waals surface area contributed by atoms with Crippen molar-refractivity contribution in [2.24, 2.45) is 11.7 Å². The van der Waals surface area contributed by atoms with Crippen molar-refractivity contribution in [2.45, 2.75) is 12.7 Å². The highest BCUT2D eigenvalue weighted by atomic mass is 16.6. The van der Waals surface area contributed by atoms with Crippen LogP contribution in [0, 0.1) is 5.92 Å². The molecule has 0 saturated carbocycles. The minimum absolute atomic E-state index is 0.0359. The van der Waals surface area contributed by atoms with E-state index in [4.69, 9.17) is 10.5 Å². The molecule has 0 aliphatic carbocycles. The van der Waals surface area contributed by atoms with E-state index in [1.165, 1.54) is 6.92 Å². The molecule has 0 spiro atoms. The molecular formula is C15H15NO6. The number of amides is 1. The Hall–Kier alpha value is -2.67. The second kappa shape index (κ2) is 5.98. The SMILES string of the molecule is CCOC(=O)[C@@H](C(N)=O)[C@]1(O)OC(c2ccccc2)=CC1=O. The van der Waals surface area contributed by atoms with Crippen LogP contribution < -0.4 is 5.73 Å². The Labute approximate surface area is 126 Å². The summed E-state index contributed by atoms with van der Waals surface area (Å²) in [5.74, 6) is -7.86. The lowest BCUT2D eigenvalue weighted by Crippen LogP contribution is -2.54. The summed E-state index contributed by atoms with van der Waals surface area (Å²) in [6.07, 6.45) is 1.02. The number of hydrogen-bond donors (Lipinski definition) is 2. The van der Waals surface area contributed by atoms with Crippen LogP contribution in [0.25, 0.3) is 5.76 Å². The van der Waals surface area contributed by atoms with Crippen LogP contribution in [0.5, 0.6) is 0 Å². The summed E-state index contributed by atoms with van der Waals surface area (Å²) in [6.45, 7) is 1.48. The number of ketones is 1. The molecule has 1 aromatic rings. The van der Waals surface area contributed by atoms with E-state index in [0.717, 1.165) is 6.08 Å². The van der Waals surface area contributed by atoms with Gasteiger partial charge in [-0.25, -0.2) is 0 Å². The second-order valence-electron chi connectivity index (χ2n) is 4.62. The molecule has 0 unspecified atom stereocenters. The zero-order valence-corrected chi connectivity index (χ0v) is 11.8. The fourth-order valence-electron chi connectivity index (χ4n) is 2.11. The molecule has 0 aromatic heterocycles. The van der Waals surface area contributed by atoms with Crippen LogP contribution in [0.1, 0.15) is 12.5 Å². The number of hydrogen-bond acceptors (Lipinski definition) is 6. The van der Waals surface area contributed by atoms with Gasteiger partial charge in [-0.3, -0.25) is 14.4 Å². The van der Waals surface area contributed by atoms with E-state index in [1.807, 2.05) is 0 Å². The molecule has 0 bridgehead atoms. The molecular weight excluding hydrogens is 290 g/mol. The third-order valence-electron chi connectivity index (χ3n) is 3.14. The molecule has 1 amide bonds. The molecule has 2 rings (SSSR count). The van der Waals surface area contributed by atoms with Crippen molar-refractivity contribution >= 4 is 23.4 Å². The Balaban J connectivity index is 2.33. The van der Waals surface area contributed by atoms with Crippen LogP contribution >= 0.6 is 0 Å². The molecule has 3 N–H and O–H groups in total.